The van der Waals surface area contributed by atoms with Gasteiger partial charge in [0, 0.05) is 18.3 Å². The Bertz CT molecular complexity index is 332. The molecule has 1 N–H and O–H groups in total. The minimum atomic E-state index is -0.0576. The highest BCUT2D eigenvalue weighted by atomic mass is 16.3. The Kier molecular flexibility index (Phi) is 2.61. The molecule has 0 bridgehead atoms. The van der Waals surface area contributed by atoms with Gasteiger partial charge in [-0.05, 0) is 11.3 Å². The maximum atomic E-state index is 9.76. The molecule has 0 atom stereocenters. The lowest BCUT2D eigenvalue weighted by atomic mass is 9.84. The molecule has 0 saturated heterocycles. The first-order valence-electron chi connectivity index (χ1n) is 5.01. The Morgan fingerprint density at radius 1 is 1.29 bits per heavy atom. The fourth-order valence-electron chi connectivity index (χ4n) is 1.90. The molecule has 1 rings (SSSR count). The molecule has 1 heterocycles. The molecule has 0 aliphatic heterocycles. The van der Waals surface area contributed by atoms with Gasteiger partial charge in [-0.15, -0.1) is 5.10 Å². The molecular formula is C11H20N2O. The summed E-state index contributed by atoms with van der Waals surface area (Å²) >= 11 is 0. The van der Waals surface area contributed by atoms with Crippen LogP contribution in [0.1, 0.15) is 51.8 Å². The van der Waals surface area contributed by atoms with Crippen LogP contribution in [0, 0.1) is 0 Å². The molecule has 0 amide bonds. The molecule has 0 aliphatic rings. The third-order valence-corrected chi connectivity index (χ3v) is 2.37. The van der Waals surface area contributed by atoms with Gasteiger partial charge < -0.3 is 5.11 Å². The smallest absolute Gasteiger partial charge is 0.234 e. The van der Waals surface area contributed by atoms with Crippen LogP contribution in [-0.2, 0) is 12.5 Å². The lowest BCUT2D eigenvalue weighted by molar-refractivity contribution is 0.424. The number of nitrogens with zero attached hydrogens (tertiary/aromatic N) is 2. The largest absolute Gasteiger partial charge is 0.492 e. The van der Waals surface area contributed by atoms with Gasteiger partial charge in [0.2, 0.25) is 5.88 Å². The highest BCUT2D eigenvalue weighted by molar-refractivity contribution is 5.38. The minimum absolute atomic E-state index is 0.0576. The fourth-order valence-corrected chi connectivity index (χ4v) is 1.90. The van der Waals surface area contributed by atoms with E-state index in [9.17, 15) is 5.11 Å². The van der Waals surface area contributed by atoms with Crippen molar-refractivity contribution in [1.82, 2.24) is 9.78 Å². The van der Waals surface area contributed by atoms with E-state index in [4.69, 9.17) is 0 Å². The van der Waals surface area contributed by atoms with E-state index >= 15 is 0 Å². The van der Waals surface area contributed by atoms with Gasteiger partial charge in [0.15, 0.2) is 0 Å². The molecule has 0 spiro atoms. The molecule has 3 heteroatoms. The quantitative estimate of drug-likeness (QED) is 0.749. The van der Waals surface area contributed by atoms with Gasteiger partial charge in [0.1, 0.15) is 0 Å². The highest BCUT2D eigenvalue weighted by Crippen LogP contribution is 2.36. The first kappa shape index (κ1) is 11.1. The van der Waals surface area contributed by atoms with Gasteiger partial charge in [0.05, 0.1) is 0 Å². The first-order chi connectivity index (χ1) is 6.25. The summed E-state index contributed by atoms with van der Waals surface area (Å²) in [5.74, 6) is 0.548. The molecule has 3 nitrogen and oxygen atoms in total. The zero-order valence-corrected chi connectivity index (χ0v) is 9.92. The van der Waals surface area contributed by atoms with E-state index in [2.05, 4.69) is 39.7 Å². The summed E-state index contributed by atoms with van der Waals surface area (Å²) in [4.78, 5) is 0. The standard InChI is InChI=1S/C11H20N2O/c1-7(2)9-8(11(3,4)5)10(14)12-13(9)6/h7H,1-6H3,(H,12,14). The normalized spacial score (nSPS) is 12.5. The van der Waals surface area contributed by atoms with Crippen molar-refractivity contribution in [3.05, 3.63) is 11.3 Å². The van der Waals surface area contributed by atoms with E-state index in [1.165, 1.54) is 0 Å². The van der Waals surface area contributed by atoms with Crippen LogP contribution < -0.4 is 0 Å². The van der Waals surface area contributed by atoms with E-state index in [1.54, 1.807) is 4.68 Å². The van der Waals surface area contributed by atoms with Crippen LogP contribution in [0.25, 0.3) is 0 Å². The number of rotatable bonds is 1. The molecule has 0 unspecified atom stereocenters. The van der Waals surface area contributed by atoms with Gasteiger partial charge in [0.25, 0.3) is 0 Å². The van der Waals surface area contributed by atoms with Crippen molar-refractivity contribution >= 4 is 0 Å². The van der Waals surface area contributed by atoms with Gasteiger partial charge in [-0.1, -0.05) is 34.6 Å². The van der Waals surface area contributed by atoms with Gasteiger partial charge in [-0.25, -0.2) is 0 Å². The third kappa shape index (κ3) is 1.76. The van der Waals surface area contributed by atoms with Crippen LogP contribution in [0.3, 0.4) is 0 Å². The van der Waals surface area contributed by atoms with Crippen molar-refractivity contribution in [3.63, 3.8) is 0 Å². The second kappa shape index (κ2) is 3.30. The van der Waals surface area contributed by atoms with Crippen molar-refractivity contribution < 1.29 is 5.11 Å². The Hall–Kier alpha value is -0.990. The molecule has 80 valence electrons. The van der Waals surface area contributed by atoms with Gasteiger partial charge >= 0.3 is 0 Å². The Morgan fingerprint density at radius 2 is 1.79 bits per heavy atom. The van der Waals surface area contributed by atoms with Crippen LogP contribution in [0.2, 0.25) is 0 Å². The van der Waals surface area contributed by atoms with E-state index < -0.39 is 0 Å². The van der Waals surface area contributed by atoms with Crippen molar-refractivity contribution in [2.24, 2.45) is 7.05 Å². The third-order valence-electron chi connectivity index (χ3n) is 2.37. The SMILES string of the molecule is CC(C)c1c(C(C)(C)C)c(O)nn1C. The van der Waals surface area contributed by atoms with Crippen LogP contribution in [0.4, 0.5) is 0 Å². The van der Waals surface area contributed by atoms with Gasteiger partial charge in [-0.3, -0.25) is 4.68 Å². The summed E-state index contributed by atoms with van der Waals surface area (Å²) in [6.45, 7) is 10.5. The average Bonchev–Trinajstić information content (AvgIpc) is 2.23. The summed E-state index contributed by atoms with van der Waals surface area (Å²) in [5.41, 5.74) is 2.03. The molecule has 0 saturated carbocycles. The molecule has 1 aromatic heterocycles. The van der Waals surface area contributed by atoms with Crippen LogP contribution in [0.5, 0.6) is 5.88 Å². The summed E-state index contributed by atoms with van der Waals surface area (Å²) < 4.78 is 1.78. The van der Waals surface area contributed by atoms with Crippen LogP contribution in [0.15, 0.2) is 0 Å². The van der Waals surface area contributed by atoms with Crippen molar-refractivity contribution in [1.29, 1.82) is 0 Å². The zero-order chi connectivity index (χ0) is 11.1. The number of aryl methyl sites for hydroxylation is 1. The summed E-state index contributed by atoms with van der Waals surface area (Å²) in [6.07, 6.45) is 0. The monoisotopic (exact) mass is 196 g/mol. The predicted molar refractivity (Wildman–Crippen MR) is 57.7 cm³/mol. The average molecular weight is 196 g/mol. The Balaban J connectivity index is 3.40. The number of hydrogen-bond donors (Lipinski definition) is 1. The second-order valence-electron chi connectivity index (χ2n) is 5.11. The summed E-state index contributed by atoms with van der Waals surface area (Å²) in [5, 5.41) is 13.8. The second-order valence-corrected chi connectivity index (χ2v) is 5.11. The minimum Gasteiger partial charge on any atom is -0.492 e. The maximum Gasteiger partial charge on any atom is 0.234 e. The van der Waals surface area contributed by atoms with E-state index in [0.717, 1.165) is 11.3 Å². The van der Waals surface area contributed by atoms with Crippen LogP contribution >= 0.6 is 0 Å². The Labute approximate surface area is 85.8 Å². The number of aromatic nitrogens is 2. The summed E-state index contributed by atoms with van der Waals surface area (Å²) in [7, 11) is 1.88. The lowest BCUT2D eigenvalue weighted by Gasteiger charge is -2.21. The molecule has 0 fully saturated rings. The molecular weight excluding hydrogens is 176 g/mol. The lowest BCUT2D eigenvalue weighted by Crippen LogP contribution is -2.15. The number of hydrogen-bond acceptors (Lipinski definition) is 2. The topological polar surface area (TPSA) is 38.1 Å². The summed E-state index contributed by atoms with van der Waals surface area (Å²) in [6, 6.07) is 0. The van der Waals surface area contributed by atoms with Gasteiger partial charge in [-0.2, -0.15) is 0 Å². The van der Waals surface area contributed by atoms with Crippen molar-refractivity contribution in [2.45, 2.75) is 46.0 Å². The van der Waals surface area contributed by atoms with Crippen molar-refractivity contribution in [3.8, 4) is 5.88 Å². The molecule has 14 heavy (non-hydrogen) atoms. The zero-order valence-electron chi connectivity index (χ0n) is 9.92. The molecule has 0 aliphatic carbocycles. The predicted octanol–water partition coefficient (Wildman–Crippen LogP) is 2.55. The van der Waals surface area contributed by atoms with E-state index in [0.29, 0.717) is 5.92 Å². The molecule has 0 aromatic carbocycles. The first-order valence-corrected chi connectivity index (χ1v) is 5.01. The molecule has 0 radical (unpaired) electrons. The number of aromatic hydroxyl groups is 1. The maximum absolute atomic E-state index is 9.76. The van der Waals surface area contributed by atoms with E-state index in [1.807, 2.05) is 7.05 Å². The van der Waals surface area contributed by atoms with Crippen LogP contribution in [-0.4, -0.2) is 14.9 Å². The Morgan fingerprint density at radius 3 is 2.07 bits per heavy atom. The highest BCUT2D eigenvalue weighted by Gasteiger charge is 2.27. The molecule has 1 aromatic rings. The fraction of sp³-hybridized carbons (Fsp3) is 0.727. The van der Waals surface area contributed by atoms with Crippen molar-refractivity contribution in [2.75, 3.05) is 0 Å². The van der Waals surface area contributed by atoms with E-state index in [-0.39, 0.29) is 11.3 Å².